The summed E-state index contributed by atoms with van der Waals surface area (Å²) < 4.78 is 0.477. The zero-order chi connectivity index (χ0) is 14.4. The molecule has 2 amide bonds. The summed E-state index contributed by atoms with van der Waals surface area (Å²) in [4.78, 5) is 22.6. The molecule has 0 fully saturated rings. The van der Waals surface area contributed by atoms with Crippen LogP contribution in [0.2, 0.25) is 0 Å². The first-order valence-electron chi connectivity index (χ1n) is 6.01. The number of halogens is 1. The molecule has 1 aromatic rings. The lowest BCUT2D eigenvalue weighted by molar-refractivity contribution is 0.0696. The quantitative estimate of drug-likeness (QED) is 0.775. The van der Waals surface area contributed by atoms with Crippen LogP contribution in [0.25, 0.3) is 0 Å². The van der Waals surface area contributed by atoms with Crippen molar-refractivity contribution in [3.8, 4) is 0 Å². The maximum atomic E-state index is 11.6. The summed E-state index contributed by atoms with van der Waals surface area (Å²) in [6, 6.07) is 4.31. The number of amides is 2. The van der Waals surface area contributed by atoms with Gasteiger partial charge in [0.15, 0.2) is 0 Å². The van der Waals surface area contributed by atoms with Gasteiger partial charge in [-0.2, -0.15) is 0 Å². The lowest BCUT2D eigenvalue weighted by Crippen LogP contribution is -2.32. The molecule has 1 rings (SSSR count). The largest absolute Gasteiger partial charge is 0.478 e. The highest BCUT2D eigenvalue weighted by Gasteiger charge is 2.10. The fourth-order valence-electron chi connectivity index (χ4n) is 1.35. The minimum atomic E-state index is -1.05. The molecule has 0 aliphatic rings. The van der Waals surface area contributed by atoms with Crippen molar-refractivity contribution in [2.45, 2.75) is 20.3 Å². The molecule has 0 aromatic heterocycles. The molecule has 5 nitrogen and oxygen atoms in total. The molecule has 0 saturated carbocycles. The first-order valence-corrected chi connectivity index (χ1v) is 6.81. The maximum absolute atomic E-state index is 11.6. The van der Waals surface area contributed by atoms with Crippen molar-refractivity contribution >= 4 is 33.6 Å². The first-order chi connectivity index (χ1) is 8.93. The molecule has 1 aromatic carbocycles. The molecule has 0 radical (unpaired) electrons. The van der Waals surface area contributed by atoms with E-state index in [0.29, 0.717) is 22.6 Å². The van der Waals surface area contributed by atoms with E-state index in [1.807, 2.05) is 6.92 Å². The van der Waals surface area contributed by atoms with Crippen LogP contribution in [-0.2, 0) is 0 Å². The normalized spacial score (nSPS) is 11.7. The summed E-state index contributed by atoms with van der Waals surface area (Å²) in [5.74, 6) is -0.638. The van der Waals surface area contributed by atoms with Crippen LogP contribution in [0.4, 0.5) is 10.5 Å². The number of hydrogen-bond donors (Lipinski definition) is 3. The van der Waals surface area contributed by atoms with Crippen molar-refractivity contribution < 1.29 is 14.7 Å². The van der Waals surface area contributed by atoms with Gasteiger partial charge in [0.25, 0.3) is 0 Å². The highest BCUT2D eigenvalue weighted by Crippen LogP contribution is 2.21. The Hall–Kier alpha value is -1.56. The van der Waals surface area contributed by atoms with Crippen LogP contribution < -0.4 is 10.6 Å². The molecule has 0 aliphatic carbocycles. The van der Waals surface area contributed by atoms with Crippen LogP contribution in [0.15, 0.2) is 22.7 Å². The number of carbonyl (C=O) groups is 2. The SMILES string of the molecule is CCC(C)CNC(=O)Nc1ccc(Br)c(C(=O)O)c1. The van der Waals surface area contributed by atoms with E-state index in [9.17, 15) is 9.59 Å². The topological polar surface area (TPSA) is 78.4 Å². The third-order valence-electron chi connectivity index (χ3n) is 2.76. The Kier molecular flexibility index (Phi) is 5.82. The molecule has 0 spiro atoms. The summed E-state index contributed by atoms with van der Waals surface area (Å²) in [5, 5.41) is 14.3. The number of rotatable bonds is 5. The molecule has 0 aliphatic heterocycles. The van der Waals surface area contributed by atoms with Crippen LogP contribution in [0.3, 0.4) is 0 Å². The van der Waals surface area contributed by atoms with Gasteiger partial charge in [-0.3, -0.25) is 0 Å². The molecule has 1 unspecified atom stereocenters. The molecule has 1 atom stereocenters. The van der Waals surface area contributed by atoms with Gasteiger partial charge in [0, 0.05) is 16.7 Å². The van der Waals surface area contributed by atoms with E-state index >= 15 is 0 Å². The average molecular weight is 329 g/mol. The second-order valence-corrected chi connectivity index (χ2v) is 5.20. The highest BCUT2D eigenvalue weighted by atomic mass is 79.9. The summed E-state index contributed by atoms with van der Waals surface area (Å²) in [6.45, 7) is 4.69. The first kappa shape index (κ1) is 15.5. The number of carboxylic acid groups (broad SMARTS) is 1. The van der Waals surface area contributed by atoms with Gasteiger partial charge in [0.05, 0.1) is 5.56 Å². The number of carbonyl (C=O) groups excluding carboxylic acids is 1. The fourth-order valence-corrected chi connectivity index (χ4v) is 1.77. The van der Waals surface area contributed by atoms with Crippen LogP contribution in [0, 0.1) is 5.92 Å². The summed E-state index contributed by atoms with van der Waals surface area (Å²) >= 11 is 3.15. The van der Waals surface area contributed by atoms with Gasteiger partial charge in [-0.1, -0.05) is 20.3 Å². The number of benzene rings is 1. The summed E-state index contributed by atoms with van der Waals surface area (Å²) in [5.41, 5.74) is 0.557. The van der Waals surface area contributed by atoms with Crippen molar-refractivity contribution in [3.05, 3.63) is 28.2 Å². The number of aromatic carboxylic acids is 1. The Morgan fingerprint density at radius 1 is 1.42 bits per heavy atom. The second kappa shape index (κ2) is 7.13. The number of nitrogens with one attached hydrogen (secondary N) is 2. The molecular weight excluding hydrogens is 312 g/mol. The fraction of sp³-hybridized carbons (Fsp3) is 0.385. The maximum Gasteiger partial charge on any atom is 0.336 e. The smallest absolute Gasteiger partial charge is 0.336 e. The summed E-state index contributed by atoms with van der Waals surface area (Å²) in [6.07, 6.45) is 0.988. The number of anilines is 1. The Labute approximate surface area is 120 Å². The van der Waals surface area contributed by atoms with Gasteiger partial charge in [-0.25, -0.2) is 9.59 Å². The molecule has 19 heavy (non-hydrogen) atoms. The van der Waals surface area contributed by atoms with E-state index in [-0.39, 0.29) is 11.6 Å². The molecule has 0 saturated heterocycles. The van der Waals surface area contributed by atoms with Crippen molar-refractivity contribution in [2.75, 3.05) is 11.9 Å². The predicted octanol–water partition coefficient (Wildman–Crippen LogP) is 3.31. The average Bonchev–Trinajstić information content (AvgIpc) is 2.37. The van der Waals surface area contributed by atoms with Gasteiger partial charge in [-0.15, -0.1) is 0 Å². The van der Waals surface area contributed by atoms with Crippen LogP contribution in [-0.4, -0.2) is 23.7 Å². The number of urea groups is 1. The molecular formula is C13H17BrN2O3. The van der Waals surface area contributed by atoms with E-state index in [1.54, 1.807) is 12.1 Å². The Bertz CT molecular complexity index is 477. The van der Waals surface area contributed by atoms with E-state index in [4.69, 9.17) is 5.11 Å². The molecule has 3 N–H and O–H groups in total. The van der Waals surface area contributed by atoms with E-state index in [2.05, 4.69) is 33.5 Å². The summed E-state index contributed by atoms with van der Waals surface area (Å²) in [7, 11) is 0. The molecule has 6 heteroatoms. The zero-order valence-electron chi connectivity index (χ0n) is 10.9. The molecule has 104 valence electrons. The van der Waals surface area contributed by atoms with Crippen molar-refractivity contribution in [3.63, 3.8) is 0 Å². The van der Waals surface area contributed by atoms with E-state index in [1.165, 1.54) is 6.07 Å². The Morgan fingerprint density at radius 3 is 2.68 bits per heavy atom. The van der Waals surface area contributed by atoms with Gasteiger partial charge in [-0.05, 0) is 40.0 Å². The number of hydrogen-bond acceptors (Lipinski definition) is 2. The van der Waals surface area contributed by atoms with Crippen molar-refractivity contribution in [1.82, 2.24) is 5.32 Å². The predicted molar refractivity (Wildman–Crippen MR) is 77.6 cm³/mol. The Morgan fingerprint density at radius 2 is 2.11 bits per heavy atom. The minimum Gasteiger partial charge on any atom is -0.478 e. The minimum absolute atomic E-state index is 0.111. The van der Waals surface area contributed by atoms with Gasteiger partial charge in [0.1, 0.15) is 0 Å². The van der Waals surface area contributed by atoms with Gasteiger partial charge >= 0.3 is 12.0 Å². The standard InChI is InChI=1S/C13H17BrN2O3/c1-3-8(2)7-15-13(19)16-9-4-5-11(14)10(6-9)12(17)18/h4-6,8H,3,7H2,1-2H3,(H,17,18)(H2,15,16,19). The van der Waals surface area contributed by atoms with E-state index < -0.39 is 5.97 Å². The molecule has 0 heterocycles. The highest BCUT2D eigenvalue weighted by molar-refractivity contribution is 9.10. The van der Waals surface area contributed by atoms with Crippen molar-refractivity contribution in [1.29, 1.82) is 0 Å². The zero-order valence-corrected chi connectivity index (χ0v) is 12.5. The van der Waals surface area contributed by atoms with Crippen LogP contribution in [0.5, 0.6) is 0 Å². The lowest BCUT2D eigenvalue weighted by Gasteiger charge is -2.11. The molecule has 0 bridgehead atoms. The van der Waals surface area contributed by atoms with Crippen molar-refractivity contribution in [2.24, 2.45) is 5.92 Å². The second-order valence-electron chi connectivity index (χ2n) is 4.35. The third-order valence-corrected chi connectivity index (χ3v) is 3.45. The monoisotopic (exact) mass is 328 g/mol. The van der Waals surface area contributed by atoms with E-state index in [0.717, 1.165) is 6.42 Å². The number of carboxylic acids is 1. The van der Waals surface area contributed by atoms with Crippen LogP contribution >= 0.6 is 15.9 Å². The third kappa shape index (κ3) is 4.90. The lowest BCUT2D eigenvalue weighted by atomic mass is 10.1. The van der Waals surface area contributed by atoms with Crippen LogP contribution in [0.1, 0.15) is 30.6 Å². The Balaban J connectivity index is 2.64. The van der Waals surface area contributed by atoms with Gasteiger partial charge in [0.2, 0.25) is 0 Å². The van der Waals surface area contributed by atoms with Gasteiger partial charge < -0.3 is 15.7 Å².